The molecule has 0 saturated carbocycles. The minimum atomic E-state index is -1.23. The largest absolute Gasteiger partial charge is 0.496 e. The summed E-state index contributed by atoms with van der Waals surface area (Å²) in [4.78, 5) is 57.3. The lowest BCUT2D eigenvalue weighted by Crippen LogP contribution is -2.47. The number of nitrogens with zero attached hydrogens (tertiary/aromatic N) is 3. The number of Topliss-reactive ketones (excluding diaryl/α,β-unsaturated/α-hetero) is 1. The molecule has 1 heterocycles. The van der Waals surface area contributed by atoms with Gasteiger partial charge in [-0.15, -0.1) is 0 Å². The van der Waals surface area contributed by atoms with Gasteiger partial charge in [-0.05, 0) is 59.7 Å². The average Bonchev–Trinajstić information content (AvgIpc) is 2.81. The van der Waals surface area contributed by atoms with Crippen molar-refractivity contribution >= 4 is 17.5 Å². The maximum absolute atomic E-state index is 13.8. The second kappa shape index (κ2) is 11.8. The zero-order valence-corrected chi connectivity index (χ0v) is 21.6. The number of hydrogen-bond acceptors (Lipinski definition) is 8. The first-order valence-corrected chi connectivity index (χ1v) is 11.4. The molecule has 0 spiro atoms. The molecule has 196 valence electrons. The normalized spacial score (nSPS) is 12.0. The number of oxime groups is 1. The Morgan fingerprint density at radius 3 is 2.42 bits per heavy atom. The molecule has 10 nitrogen and oxygen atoms in total. The highest BCUT2D eigenvalue weighted by molar-refractivity contribution is 5.99. The van der Waals surface area contributed by atoms with E-state index in [1.807, 2.05) is 0 Å². The molecule has 1 aromatic heterocycles. The molecule has 0 atom stereocenters. The molecule has 0 unspecified atom stereocenters. The van der Waals surface area contributed by atoms with Gasteiger partial charge in [0.15, 0.2) is 5.78 Å². The monoisotopic (exact) mass is 505 g/mol. The Labute approximate surface area is 208 Å². The van der Waals surface area contributed by atoms with Gasteiger partial charge < -0.3 is 14.3 Å². The van der Waals surface area contributed by atoms with Gasteiger partial charge in [-0.2, -0.15) is 0 Å². The van der Waals surface area contributed by atoms with E-state index in [2.05, 4.69) is 5.16 Å². The van der Waals surface area contributed by atoms with Crippen LogP contribution in [-0.2, 0) is 27.5 Å². The molecule has 0 aliphatic carbocycles. The van der Waals surface area contributed by atoms with E-state index in [-0.39, 0.29) is 41.8 Å². The Morgan fingerprint density at radius 1 is 1.17 bits per heavy atom. The lowest BCUT2D eigenvalue weighted by atomic mass is 9.93. The van der Waals surface area contributed by atoms with Crippen LogP contribution in [0.25, 0.3) is 0 Å². The molecule has 0 fully saturated rings. The number of carbonyl (C=O) groups excluding carboxylic acids is 2. The van der Waals surface area contributed by atoms with E-state index in [1.54, 1.807) is 34.6 Å². The number of ketones is 1. The number of methoxy groups -OCH3 is 1. The third-order valence-electron chi connectivity index (χ3n) is 5.18. The number of halogens is 1. The molecule has 0 saturated heterocycles. The van der Waals surface area contributed by atoms with Crippen molar-refractivity contribution in [1.82, 2.24) is 9.13 Å². The molecule has 2 aromatic rings. The van der Waals surface area contributed by atoms with E-state index < -0.39 is 40.8 Å². The summed E-state index contributed by atoms with van der Waals surface area (Å²) in [6, 6.07) is 3.46. The van der Waals surface area contributed by atoms with Gasteiger partial charge in [-0.1, -0.05) is 5.16 Å². The maximum Gasteiger partial charge on any atom is 0.331 e. The SMILES string of the molecule is CCOC(=O)C(C)(C)Cn1c(=O)c(/C(C)=N/OC(C)C)cn(CC(=O)c2cc(F)ccc2OC)c1=O. The zero-order valence-electron chi connectivity index (χ0n) is 21.6. The lowest BCUT2D eigenvalue weighted by molar-refractivity contribution is -0.154. The molecule has 0 aliphatic heterocycles. The summed E-state index contributed by atoms with van der Waals surface area (Å²) in [6.45, 7) is 9.05. The van der Waals surface area contributed by atoms with Crippen LogP contribution in [-0.4, -0.2) is 46.4 Å². The van der Waals surface area contributed by atoms with E-state index in [4.69, 9.17) is 14.3 Å². The summed E-state index contributed by atoms with van der Waals surface area (Å²) in [5.41, 5.74) is -2.68. The molecule has 1 aromatic carbocycles. The van der Waals surface area contributed by atoms with Gasteiger partial charge in [-0.3, -0.25) is 23.5 Å². The molecular weight excluding hydrogens is 473 g/mol. The van der Waals surface area contributed by atoms with E-state index in [1.165, 1.54) is 26.3 Å². The first kappa shape index (κ1) is 28.5. The summed E-state index contributed by atoms with van der Waals surface area (Å²) >= 11 is 0. The Morgan fingerprint density at radius 2 is 1.83 bits per heavy atom. The molecule has 36 heavy (non-hydrogen) atoms. The fourth-order valence-electron chi connectivity index (χ4n) is 3.31. The number of benzene rings is 1. The molecule has 0 amide bonds. The Bertz CT molecular complexity index is 1280. The van der Waals surface area contributed by atoms with Crippen molar-refractivity contribution in [3.8, 4) is 5.75 Å². The molecule has 0 radical (unpaired) electrons. The van der Waals surface area contributed by atoms with Gasteiger partial charge in [0, 0.05) is 12.7 Å². The van der Waals surface area contributed by atoms with E-state index in [0.29, 0.717) is 0 Å². The third kappa shape index (κ3) is 6.67. The predicted octanol–water partition coefficient (Wildman–Crippen LogP) is 2.78. The second-order valence-electron chi connectivity index (χ2n) is 9.05. The number of aromatic nitrogens is 2. The predicted molar refractivity (Wildman–Crippen MR) is 131 cm³/mol. The van der Waals surface area contributed by atoms with Crippen molar-refractivity contribution in [2.75, 3.05) is 13.7 Å². The van der Waals surface area contributed by atoms with Gasteiger partial charge in [0.25, 0.3) is 5.56 Å². The highest BCUT2D eigenvalue weighted by Gasteiger charge is 2.32. The molecule has 0 aliphatic rings. The van der Waals surface area contributed by atoms with Gasteiger partial charge in [0.1, 0.15) is 17.7 Å². The quantitative estimate of drug-likeness (QED) is 0.199. The van der Waals surface area contributed by atoms with Crippen molar-refractivity contribution in [3.63, 3.8) is 0 Å². The van der Waals surface area contributed by atoms with Crippen molar-refractivity contribution in [3.05, 3.63) is 62.2 Å². The number of rotatable bonds is 11. The lowest BCUT2D eigenvalue weighted by Gasteiger charge is -2.23. The van der Waals surface area contributed by atoms with Crippen LogP contribution in [0.5, 0.6) is 5.75 Å². The fraction of sp³-hybridized carbons (Fsp3) is 0.480. The number of carbonyl (C=O) groups is 2. The fourth-order valence-corrected chi connectivity index (χ4v) is 3.31. The van der Waals surface area contributed by atoms with Gasteiger partial charge in [0.05, 0.1) is 42.5 Å². The highest BCUT2D eigenvalue weighted by atomic mass is 19.1. The van der Waals surface area contributed by atoms with E-state index >= 15 is 0 Å². The molecular formula is C25H32FN3O7. The van der Waals surface area contributed by atoms with Crippen molar-refractivity contribution in [1.29, 1.82) is 0 Å². The van der Waals surface area contributed by atoms with Crippen molar-refractivity contribution in [2.24, 2.45) is 10.6 Å². The summed E-state index contributed by atoms with van der Waals surface area (Å²) < 4.78 is 25.9. The molecule has 0 bridgehead atoms. The van der Waals surface area contributed by atoms with Crippen LogP contribution in [0, 0.1) is 11.2 Å². The van der Waals surface area contributed by atoms with Crippen LogP contribution in [0.2, 0.25) is 0 Å². The van der Waals surface area contributed by atoms with E-state index in [0.717, 1.165) is 21.3 Å². The van der Waals surface area contributed by atoms with Crippen LogP contribution in [0.4, 0.5) is 4.39 Å². The number of esters is 1. The van der Waals surface area contributed by atoms with Crippen LogP contribution in [0.1, 0.15) is 57.5 Å². The van der Waals surface area contributed by atoms with Gasteiger partial charge >= 0.3 is 11.7 Å². The van der Waals surface area contributed by atoms with Crippen molar-refractivity contribution < 1.29 is 28.3 Å². The van der Waals surface area contributed by atoms with Gasteiger partial charge in [0.2, 0.25) is 0 Å². The van der Waals surface area contributed by atoms with Crippen LogP contribution in [0.3, 0.4) is 0 Å². The summed E-state index contributed by atoms with van der Waals surface area (Å²) in [6.07, 6.45) is 0.933. The molecule has 2 rings (SSSR count). The number of hydrogen-bond donors (Lipinski definition) is 0. The maximum atomic E-state index is 13.8. The Kier molecular flexibility index (Phi) is 9.32. The zero-order chi connectivity index (χ0) is 27.2. The molecule has 11 heteroatoms. The van der Waals surface area contributed by atoms with Crippen molar-refractivity contribution in [2.45, 2.75) is 60.7 Å². The summed E-state index contributed by atoms with van der Waals surface area (Å²) in [5, 5.41) is 3.95. The standard InChI is InChI=1S/C25H32FN3O7/c1-8-35-23(32)25(5,6)14-29-22(31)19(16(4)27-36-15(2)3)12-28(24(29)33)13-20(30)18-11-17(26)9-10-21(18)34-7/h9-12,15H,8,13-14H2,1-7H3/b27-16+. The second-order valence-corrected chi connectivity index (χ2v) is 9.05. The Hall–Kier alpha value is -3.76. The minimum Gasteiger partial charge on any atom is -0.496 e. The smallest absolute Gasteiger partial charge is 0.331 e. The first-order chi connectivity index (χ1) is 16.8. The summed E-state index contributed by atoms with van der Waals surface area (Å²) in [5.74, 6) is -1.73. The van der Waals surface area contributed by atoms with Crippen LogP contribution in [0.15, 0.2) is 39.1 Å². The summed E-state index contributed by atoms with van der Waals surface area (Å²) in [7, 11) is 1.33. The minimum absolute atomic E-state index is 0.00563. The first-order valence-electron chi connectivity index (χ1n) is 11.4. The van der Waals surface area contributed by atoms with Gasteiger partial charge in [-0.25, -0.2) is 9.18 Å². The highest BCUT2D eigenvalue weighted by Crippen LogP contribution is 2.21. The number of ether oxygens (including phenoxy) is 2. The van der Waals surface area contributed by atoms with Crippen LogP contribution >= 0.6 is 0 Å². The topological polar surface area (TPSA) is 118 Å². The van der Waals surface area contributed by atoms with E-state index in [9.17, 15) is 23.6 Å². The van der Waals surface area contributed by atoms with Crippen LogP contribution < -0.4 is 16.0 Å². The Balaban J connectivity index is 2.66. The molecule has 0 N–H and O–H groups in total. The average molecular weight is 506 g/mol. The third-order valence-corrected chi connectivity index (χ3v) is 5.18.